The van der Waals surface area contributed by atoms with Crippen molar-refractivity contribution in [1.82, 2.24) is 0 Å². The minimum Gasteiger partial charge on any atom is -0.440 e. The SMILES string of the molecule is C=CC[C@@]1(N)C[C@H](c2cccc(Cl)c2)C(c2ccc(Cl)cc2)[N+]2=C1OC[C@@H]2C(C)C. The average molecular weight is 444 g/mol. The Morgan fingerprint density at radius 1 is 1.17 bits per heavy atom. The molecule has 3 nitrogen and oxygen atoms in total. The van der Waals surface area contributed by atoms with Gasteiger partial charge in [-0.05, 0) is 42.7 Å². The van der Waals surface area contributed by atoms with E-state index < -0.39 is 5.54 Å². The highest BCUT2D eigenvalue weighted by atomic mass is 35.5. The molecule has 0 saturated carbocycles. The van der Waals surface area contributed by atoms with Crippen LogP contribution in [0.1, 0.15) is 49.8 Å². The van der Waals surface area contributed by atoms with Gasteiger partial charge in [0, 0.05) is 21.5 Å². The van der Waals surface area contributed by atoms with Crippen LogP contribution in [0, 0.1) is 5.92 Å². The molecular formula is C25H29Cl2N2O+. The maximum atomic E-state index is 7.02. The van der Waals surface area contributed by atoms with Crippen LogP contribution in [0.25, 0.3) is 0 Å². The molecule has 0 aliphatic carbocycles. The van der Waals surface area contributed by atoms with Gasteiger partial charge in [-0.2, -0.15) is 4.58 Å². The molecule has 4 rings (SSSR count). The van der Waals surface area contributed by atoms with Gasteiger partial charge in [0.05, 0.1) is 5.92 Å². The van der Waals surface area contributed by atoms with Crippen LogP contribution in [-0.2, 0) is 4.74 Å². The van der Waals surface area contributed by atoms with Gasteiger partial charge in [-0.25, -0.2) is 0 Å². The van der Waals surface area contributed by atoms with Gasteiger partial charge in [0.1, 0.15) is 5.54 Å². The van der Waals surface area contributed by atoms with Crippen LogP contribution in [0.2, 0.25) is 10.0 Å². The van der Waals surface area contributed by atoms with Crippen molar-refractivity contribution in [2.24, 2.45) is 11.7 Å². The molecule has 5 heteroatoms. The molecule has 2 aliphatic rings. The zero-order valence-corrected chi connectivity index (χ0v) is 19.0. The first-order chi connectivity index (χ1) is 14.3. The Hall–Kier alpha value is -1.81. The molecule has 2 heterocycles. The van der Waals surface area contributed by atoms with Crippen molar-refractivity contribution in [3.63, 3.8) is 0 Å². The predicted molar refractivity (Wildman–Crippen MR) is 125 cm³/mol. The Morgan fingerprint density at radius 3 is 2.53 bits per heavy atom. The van der Waals surface area contributed by atoms with Crippen molar-refractivity contribution in [3.8, 4) is 0 Å². The van der Waals surface area contributed by atoms with Gasteiger partial charge in [-0.3, -0.25) is 0 Å². The highest BCUT2D eigenvalue weighted by Crippen LogP contribution is 2.47. The average Bonchev–Trinajstić information content (AvgIpc) is 3.15. The van der Waals surface area contributed by atoms with E-state index in [1.165, 1.54) is 11.1 Å². The fourth-order valence-corrected chi connectivity index (χ4v) is 5.35. The summed E-state index contributed by atoms with van der Waals surface area (Å²) in [4.78, 5) is 0. The number of hydrogen-bond donors (Lipinski definition) is 1. The number of hydrogen-bond acceptors (Lipinski definition) is 2. The summed E-state index contributed by atoms with van der Waals surface area (Å²) in [5, 5.41) is 1.47. The molecule has 0 amide bonds. The van der Waals surface area contributed by atoms with E-state index in [4.69, 9.17) is 33.7 Å². The maximum absolute atomic E-state index is 7.02. The molecule has 2 aromatic carbocycles. The third-order valence-electron chi connectivity index (χ3n) is 6.44. The summed E-state index contributed by atoms with van der Waals surface area (Å²) in [5.74, 6) is 1.46. The fraction of sp³-hybridized carbons (Fsp3) is 0.400. The van der Waals surface area contributed by atoms with E-state index in [2.05, 4.69) is 49.3 Å². The van der Waals surface area contributed by atoms with E-state index in [0.717, 1.165) is 22.4 Å². The second-order valence-electron chi connectivity index (χ2n) is 8.85. The molecule has 2 N–H and O–H groups in total. The first kappa shape index (κ1) is 21.4. The zero-order valence-electron chi connectivity index (χ0n) is 17.5. The molecule has 0 saturated heterocycles. The van der Waals surface area contributed by atoms with Gasteiger partial charge in [0.15, 0.2) is 18.7 Å². The number of benzene rings is 2. The number of rotatable bonds is 5. The number of halogens is 2. The van der Waals surface area contributed by atoms with Crippen LogP contribution >= 0.6 is 23.2 Å². The first-order valence-electron chi connectivity index (χ1n) is 10.5. The van der Waals surface area contributed by atoms with Gasteiger partial charge in [0.25, 0.3) is 0 Å². The third kappa shape index (κ3) is 3.79. The number of ether oxygens (including phenoxy) is 1. The molecule has 2 aliphatic heterocycles. The van der Waals surface area contributed by atoms with Gasteiger partial charge >= 0.3 is 5.90 Å². The van der Waals surface area contributed by atoms with Gasteiger partial charge in [-0.15, -0.1) is 6.58 Å². The highest BCUT2D eigenvalue weighted by Gasteiger charge is 2.58. The largest absolute Gasteiger partial charge is 0.440 e. The summed E-state index contributed by atoms with van der Waals surface area (Å²) in [5.41, 5.74) is 8.82. The van der Waals surface area contributed by atoms with E-state index in [0.29, 0.717) is 18.9 Å². The quantitative estimate of drug-likeness (QED) is 0.456. The molecule has 1 unspecified atom stereocenters. The fourth-order valence-electron chi connectivity index (χ4n) is 5.02. The monoisotopic (exact) mass is 443 g/mol. The van der Waals surface area contributed by atoms with Gasteiger partial charge in [-0.1, -0.05) is 67.4 Å². The molecule has 4 atom stereocenters. The summed E-state index contributed by atoms with van der Waals surface area (Å²) >= 11 is 12.6. The number of nitrogens with zero attached hydrogens (tertiary/aromatic N) is 1. The Labute approximate surface area is 189 Å². The van der Waals surface area contributed by atoms with Crippen LogP contribution in [0.5, 0.6) is 0 Å². The van der Waals surface area contributed by atoms with E-state index in [1.807, 2.05) is 30.3 Å². The molecule has 0 radical (unpaired) electrons. The van der Waals surface area contributed by atoms with Crippen LogP contribution in [0.3, 0.4) is 0 Å². The van der Waals surface area contributed by atoms with Crippen molar-refractivity contribution in [1.29, 1.82) is 0 Å². The van der Waals surface area contributed by atoms with Crippen molar-refractivity contribution in [2.45, 2.75) is 50.2 Å². The van der Waals surface area contributed by atoms with Crippen molar-refractivity contribution >= 4 is 29.1 Å². The van der Waals surface area contributed by atoms with E-state index in [1.54, 1.807) is 0 Å². The minimum atomic E-state index is -0.596. The molecule has 2 aromatic rings. The second-order valence-corrected chi connectivity index (χ2v) is 9.72. The van der Waals surface area contributed by atoms with E-state index in [9.17, 15) is 0 Å². The molecular weight excluding hydrogens is 415 g/mol. The van der Waals surface area contributed by atoms with Crippen LogP contribution in [0.15, 0.2) is 61.2 Å². The van der Waals surface area contributed by atoms with E-state index in [-0.39, 0.29) is 18.0 Å². The summed E-state index contributed by atoms with van der Waals surface area (Å²) in [6.07, 6.45) is 3.31. The lowest BCUT2D eigenvalue weighted by molar-refractivity contribution is -0.615. The lowest BCUT2D eigenvalue weighted by atomic mass is 9.73. The summed E-state index contributed by atoms with van der Waals surface area (Å²) in [6.45, 7) is 9.09. The van der Waals surface area contributed by atoms with Crippen molar-refractivity contribution < 1.29 is 9.31 Å². The van der Waals surface area contributed by atoms with E-state index >= 15 is 0 Å². The second kappa shape index (κ2) is 8.37. The van der Waals surface area contributed by atoms with Crippen molar-refractivity contribution in [2.75, 3.05) is 6.61 Å². The topological polar surface area (TPSA) is 38.3 Å². The molecule has 0 bridgehead atoms. The molecule has 0 spiro atoms. The minimum absolute atomic E-state index is 0.0899. The van der Waals surface area contributed by atoms with Gasteiger partial charge in [0.2, 0.25) is 0 Å². The third-order valence-corrected chi connectivity index (χ3v) is 6.93. The maximum Gasteiger partial charge on any atom is 0.358 e. The first-order valence-corrected chi connectivity index (χ1v) is 11.3. The standard InChI is InChI=1S/C25H29Cl2N2O/c1-4-12-25(28)14-21(18-6-5-7-20(27)13-18)23(17-8-10-19(26)11-9-17)29-22(16(2)3)15-30-24(25)29/h4-11,13,16,21-23H,1,12,14-15,28H2,2-3H3/q+1/t21-,22-,23?,25-/m1/s1. The zero-order chi connectivity index (χ0) is 21.5. The highest BCUT2D eigenvalue weighted by molar-refractivity contribution is 6.30. The Morgan fingerprint density at radius 2 is 1.90 bits per heavy atom. The molecule has 158 valence electrons. The number of nitrogens with two attached hydrogens (primary N) is 1. The molecule has 30 heavy (non-hydrogen) atoms. The lowest BCUT2D eigenvalue weighted by Gasteiger charge is -2.38. The molecule has 0 aromatic heterocycles. The van der Waals surface area contributed by atoms with Crippen LogP contribution < -0.4 is 5.73 Å². The lowest BCUT2D eigenvalue weighted by Crippen LogP contribution is -2.57. The summed E-state index contributed by atoms with van der Waals surface area (Å²) in [7, 11) is 0. The van der Waals surface area contributed by atoms with Crippen LogP contribution in [0.4, 0.5) is 0 Å². The normalized spacial score (nSPS) is 28.4. The summed E-state index contributed by atoms with van der Waals surface area (Å²) in [6, 6.07) is 16.6. The Bertz CT molecular complexity index is 969. The molecule has 0 fully saturated rings. The smallest absolute Gasteiger partial charge is 0.358 e. The predicted octanol–water partition coefficient (Wildman–Crippen LogP) is 5.96. The van der Waals surface area contributed by atoms with Crippen LogP contribution in [-0.4, -0.2) is 28.7 Å². The van der Waals surface area contributed by atoms with Gasteiger partial charge < -0.3 is 10.5 Å². The van der Waals surface area contributed by atoms with Crippen molar-refractivity contribution in [3.05, 3.63) is 82.4 Å². The Balaban J connectivity index is 1.94. The summed E-state index contributed by atoms with van der Waals surface area (Å²) < 4.78 is 8.74. The Kier molecular flexibility index (Phi) is 5.98.